The molecule has 0 bridgehead atoms. The van der Waals surface area contributed by atoms with E-state index < -0.39 is 23.9 Å². The molecule has 6 heteroatoms. The lowest BCUT2D eigenvalue weighted by atomic mass is 9.93. The highest BCUT2D eigenvalue weighted by molar-refractivity contribution is 5.95. The molecule has 1 unspecified atom stereocenters. The van der Waals surface area contributed by atoms with Gasteiger partial charge in [-0.1, -0.05) is 60.7 Å². The van der Waals surface area contributed by atoms with Gasteiger partial charge in [0.2, 0.25) is 0 Å². The van der Waals surface area contributed by atoms with Gasteiger partial charge < -0.3 is 20.7 Å². The standard InChI is InChI=1S/C24H21NO5/c25-22(14-6-5-7-15(26)12-14)21(23(27)28)24(29)30-13-20-18-10-3-1-8-16(18)17-9-2-4-11-19(17)20/h1-12,20-22,26H,13,25H2,(H,27,28)/t21-,22?/m0/s1. The zero-order chi connectivity index (χ0) is 21.3. The van der Waals surface area contributed by atoms with Gasteiger partial charge >= 0.3 is 11.9 Å². The highest BCUT2D eigenvalue weighted by atomic mass is 16.5. The minimum atomic E-state index is -1.58. The van der Waals surface area contributed by atoms with Crippen molar-refractivity contribution in [1.29, 1.82) is 0 Å². The summed E-state index contributed by atoms with van der Waals surface area (Å²) in [5.41, 5.74) is 10.6. The number of benzene rings is 3. The predicted molar refractivity (Wildman–Crippen MR) is 111 cm³/mol. The van der Waals surface area contributed by atoms with Crippen molar-refractivity contribution in [1.82, 2.24) is 0 Å². The fourth-order valence-corrected chi connectivity index (χ4v) is 4.02. The quantitative estimate of drug-likeness (QED) is 0.430. The monoisotopic (exact) mass is 403 g/mol. The van der Waals surface area contributed by atoms with Crippen molar-refractivity contribution >= 4 is 11.9 Å². The molecular weight excluding hydrogens is 382 g/mol. The first-order valence-corrected chi connectivity index (χ1v) is 9.59. The molecule has 0 amide bonds. The van der Waals surface area contributed by atoms with Crippen molar-refractivity contribution in [2.75, 3.05) is 6.61 Å². The Bertz CT molecular complexity index is 1060. The van der Waals surface area contributed by atoms with Gasteiger partial charge in [-0.3, -0.25) is 9.59 Å². The fraction of sp³-hybridized carbons (Fsp3) is 0.167. The largest absolute Gasteiger partial charge is 0.508 e. The van der Waals surface area contributed by atoms with E-state index in [0.29, 0.717) is 5.56 Å². The van der Waals surface area contributed by atoms with Gasteiger partial charge in [0.1, 0.15) is 12.4 Å². The molecule has 6 nitrogen and oxygen atoms in total. The zero-order valence-corrected chi connectivity index (χ0v) is 16.1. The smallest absolute Gasteiger partial charge is 0.322 e. The van der Waals surface area contributed by atoms with E-state index in [9.17, 15) is 19.8 Å². The lowest BCUT2D eigenvalue weighted by Crippen LogP contribution is -2.36. The number of aromatic hydroxyl groups is 1. The maximum atomic E-state index is 12.7. The Morgan fingerprint density at radius 3 is 2.10 bits per heavy atom. The zero-order valence-electron chi connectivity index (χ0n) is 16.1. The summed E-state index contributed by atoms with van der Waals surface area (Å²) >= 11 is 0. The first kappa shape index (κ1) is 19.7. The highest BCUT2D eigenvalue weighted by Crippen LogP contribution is 2.44. The lowest BCUT2D eigenvalue weighted by Gasteiger charge is -2.21. The fourth-order valence-electron chi connectivity index (χ4n) is 4.02. The average molecular weight is 403 g/mol. The summed E-state index contributed by atoms with van der Waals surface area (Å²) in [5, 5.41) is 19.2. The predicted octanol–water partition coefficient (Wildman–Crippen LogP) is 3.45. The van der Waals surface area contributed by atoms with E-state index in [2.05, 4.69) is 0 Å². The van der Waals surface area contributed by atoms with E-state index >= 15 is 0 Å². The maximum absolute atomic E-state index is 12.7. The van der Waals surface area contributed by atoms with E-state index in [4.69, 9.17) is 10.5 Å². The Balaban J connectivity index is 1.55. The average Bonchev–Trinajstić information content (AvgIpc) is 3.06. The Morgan fingerprint density at radius 2 is 1.53 bits per heavy atom. The van der Waals surface area contributed by atoms with Crippen molar-refractivity contribution in [2.24, 2.45) is 11.7 Å². The molecule has 0 fully saturated rings. The van der Waals surface area contributed by atoms with Crippen LogP contribution in [0.1, 0.15) is 28.7 Å². The molecule has 0 spiro atoms. The summed E-state index contributed by atoms with van der Waals surface area (Å²) in [6.07, 6.45) is 0. The van der Waals surface area contributed by atoms with E-state index in [1.807, 2.05) is 48.5 Å². The van der Waals surface area contributed by atoms with Crippen LogP contribution in [0, 0.1) is 5.92 Å². The molecule has 0 saturated heterocycles. The molecule has 3 aromatic carbocycles. The lowest BCUT2D eigenvalue weighted by molar-refractivity contribution is -0.160. The molecule has 30 heavy (non-hydrogen) atoms. The number of hydrogen-bond donors (Lipinski definition) is 3. The summed E-state index contributed by atoms with van der Waals surface area (Å²) in [7, 11) is 0. The Labute approximate surface area is 173 Å². The van der Waals surface area contributed by atoms with Crippen LogP contribution in [-0.4, -0.2) is 28.8 Å². The van der Waals surface area contributed by atoms with Gasteiger partial charge in [-0.15, -0.1) is 0 Å². The number of carboxylic acids is 1. The highest BCUT2D eigenvalue weighted by Gasteiger charge is 2.37. The van der Waals surface area contributed by atoms with Gasteiger partial charge in [-0.25, -0.2) is 0 Å². The molecule has 0 aliphatic heterocycles. The SMILES string of the molecule is NC(c1cccc(O)c1)[C@@H](C(=O)O)C(=O)OCC1c2ccccc2-c2ccccc21. The number of aliphatic carboxylic acids is 1. The molecule has 4 N–H and O–H groups in total. The van der Waals surface area contributed by atoms with Crippen LogP contribution in [-0.2, 0) is 14.3 Å². The number of phenolic OH excluding ortho intramolecular Hbond substituents is 1. The molecule has 2 atom stereocenters. The number of rotatable bonds is 6. The number of phenols is 1. The summed E-state index contributed by atoms with van der Waals surface area (Å²) in [5.74, 6) is -4.09. The van der Waals surface area contributed by atoms with Crippen molar-refractivity contribution in [3.05, 3.63) is 89.5 Å². The van der Waals surface area contributed by atoms with Crippen LogP contribution >= 0.6 is 0 Å². The summed E-state index contributed by atoms with van der Waals surface area (Å²) < 4.78 is 5.47. The Kier molecular flexibility index (Phi) is 5.25. The third-order valence-corrected chi connectivity index (χ3v) is 5.49. The minimum absolute atomic E-state index is 0.0173. The van der Waals surface area contributed by atoms with Crippen LogP contribution < -0.4 is 5.73 Å². The third kappa shape index (κ3) is 3.53. The number of carbonyl (C=O) groups excluding carboxylic acids is 1. The van der Waals surface area contributed by atoms with Gasteiger partial charge in [-0.2, -0.15) is 0 Å². The number of carboxylic acid groups (broad SMARTS) is 1. The number of esters is 1. The maximum Gasteiger partial charge on any atom is 0.322 e. The van der Waals surface area contributed by atoms with Gasteiger partial charge in [-0.05, 0) is 39.9 Å². The molecule has 0 radical (unpaired) electrons. The third-order valence-electron chi connectivity index (χ3n) is 5.49. The molecule has 152 valence electrons. The molecule has 1 aliphatic carbocycles. The van der Waals surface area contributed by atoms with Gasteiger partial charge in [0, 0.05) is 5.92 Å². The summed E-state index contributed by atoms with van der Waals surface area (Å²) in [4.78, 5) is 24.5. The van der Waals surface area contributed by atoms with Crippen LogP contribution in [0.3, 0.4) is 0 Å². The van der Waals surface area contributed by atoms with Crippen molar-refractivity contribution < 1.29 is 24.5 Å². The van der Waals surface area contributed by atoms with Gasteiger partial charge in [0.15, 0.2) is 5.92 Å². The minimum Gasteiger partial charge on any atom is -0.508 e. The molecular formula is C24H21NO5. The molecule has 0 heterocycles. The second kappa shape index (κ2) is 8.00. The van der Waals surface area contributed by atoms with Crippen LogP contribution in [0.25, 0.3) is 11.1 Å². The van der Waals surface area contributed by atoms with E-state index in [1.54, 1.807) is 12.1 Å². The molecule has 1 aliphatic rings. The molecule has 0 aromatic heterocycles. The van der Waals surface area contributed by atoms with Crippen molar-refractivity contribution in [3.63, 3.8) is 0 Å². The van der Waals surface area contributed by atoms with Crippen molar-refractivity contribution in [2.45, 2.75) is 12.0 Å². The number of hydrogen-bond acceptors (Lipinski definition) is 5. The first-order chi connectivity index (χ1) is 14.5. The summed E-state index contributed by atoms with van der Waals surface area (Å²) in [6, 6.07) is 20.5. The summed E-state index contributed by atoms with van der Waals surface area (Å²) in [6.45, 7) is 0.0173. The molecule has 4 rings (SSSR count). The topological polar surface area (TPSA) is 110 Å². The van der Waals surface area contributed by atoms with Gasteiger partial charge in [0.05, 0.1) is 6.04 Å². The number of nitrogens with two attached hydrogens (primary N) is 1. The number of ether oxygens (including phenoxy) is 1. The van der Waals surface area contributed by atoms with Gasteiger partial charge in [0.25, 0.3) is 0 Å². The number of carbonyl (C=O) groups is 2. The second-order valence-corrected chi connectivity index (χ2v) is 7.29. The first-order valence-electron chi connectivity index (χ1n) is 9.59. The second-order valence-electron chi connectivity index (χ2n) is 7.29. The van der Waals surface area contributed by atoms with Crippen LogP contribution in [0.2, 0.25) is 0 Å². The Hall–Kier alpha value is -3.64. The Morgan fingerprint density at radius 1 is 0.933 bits per heavy atom. The molecule has 0 saturated carbocycles. The van der Waals surface area contributed by atoms with E-state index in [1.165, 1.54) is 12.1 Å². The van der Waals surface area contributed by atoms with Crippen LogP contribution in [0.15, 0.2) is 72.8 Å². The van der Waals surface area contributed by atoms with Crippen LogP contribution in [0.5, 0.6) is 5.75 Å². The van der Waals surface area contributed by atoms with Crippen molar-refractivity contribution in [3.8, 4) is 16.9 Å². The van der Waals surface area contributed by atoms with Crippen LogP contribution in [0.4, 0.5) is 0 Å². The molecule has 3 aromatic rings. The normalized spacial score (nSPS) is 14.4. The van der Waals surface area contributed by atoms with E-state index in [-0.39, 0.29) is 18.3 Å². The van der Waals surface area contributed by atoms with E-state index in [0.717, 1.165) is 22.3 Å². The number of fused-ring (bicyclic) bond motifs is 3.